The number of esters is 1. The quantitative estimate of drug-likeness (QED) is 0.561. The second-order valence-corrected chi connectivity index (χ2v) is 7.64. The van der Waals surface area contributed by atoms with Crippen molar-refractivity contribution in [3.8, 4) is 5.75 Å². The summed E-state index contributed by atoms with van der Waals surface area (Å²) >= 11 is 0. The Balaban J connectivity index is 1.32. The maximum absolute atomic E-state index is 12.7. The van der Waals surface area contributed by atoms with Crippen molar-refractivity contribution in [2.45, 2.75) is 39.8 Å². The third-order valence-corrected chi connectivity index (χ3v) is 5.46. The predicted molar refractivity (Wildman–Crippen MR) is 114 cm³/mol. The molecule has 1 aromatic heterocycles. The molecule has 7 nitrogen and oxygen atoms in total. The van der Waals surface area contributed by atoms with Crippen molar-refractivity contribution >= 4 is 17.6 Å². The third kappa shape index (κ3) is 4.30. The summed E-state index contributed by atoms with van der Waals surface area (Å²) in [6.45, 7) is 5.70. The molecule has 3 aromatic rings. The molecule has 0 fully saturated rings. The Hall–Kier alpha value is -3.61. The number of aryl methyl sites for hydroxylation is 2. The van der Waals surface area contributed by atoms with Crippen LogP contribution >= 0.6 is 0 Å². The molecule has 0 spiro atoms. The molecule has 0 bridgehead atoms. The summed E-state index contributed by atoms with van der Waals surface area (Å²) in [4.78, 5) is 26.8. The number of carbonyl (C=O) groups is 2. The van der Waals surface area contributed by atoms with Crippen molar-refractivity contribution in [2.75, 3.05) is 11.5 Å². The van der Waals surface area contributed by atoms with E-state index in [4.69, 9.17) is 14.0 Å². The molecule has 0 aliphatic carbocycles. The predicted octanol–water partition coefficient (Wildman–Crippen LogP) is 4.01. The molecule has 1 amide bonds. The lowest BCUT2D eigenvalue weighted by Crippen LogP contribution is -2.38. The van der Waals surface area contributed by atoms with Crippen molar-refractivity contribution in [1.29, 1.82) is 0 Å². The van der Waals surface area contributed by atoms with Crippen LogP contribution in [-0.2, 0) is 22.6 Å². The maximum atomic E-state index is 12.7. The van der Waals surface area contributed by atoms with E-state index in [1.54, 1.807) is 29.2 Å². The number of fused-ring (bicyclic) bond motifs is 1. The number of nitrogens with zero attached hydrogens (tertiary/aromatic N) is 2. The lowest BCUT2D eigenvalue weighted by Gasteiger charge is -2.22. The zero-order valence-corrected chi connectivity index (χ0v) is 17.8. The third-order valence-electron chi connectivity index (χ3n) is 5.46. The SMILES string of the molecule is Cc1noc(C)c1COc1ccc(C(=O)OCC(=O)N2c3ccccc3C[C@@H]2C)cc1. The number of rotatable bonds is 6. The van der Waals surface area contributed by atoms with E-state index in [1.165, 1.54) is 0 Å². The molecule has 0 N–H and O–H groups in total. The Morgan fingerprint density at radius 1 is 1.13 bits per heavy atom. The zero-order valence-electron chi connectivity index (χ0n) is 17.8. The van der Waals surface area contributed by atoms with Crippen LogP contribution in [0.2, 0.25) is 0 Å². The summed E-state index contributed by atoms with van der Waals surface area (Å²) in [7, 11) is 0. The van der Waals surface area contributed by atoms with Gasteiger partial charge in [0.2, 0.25) is 0 Å². The summed E-state index contributed by atoms with van der Waals surface area (Å²) in [6, 6.07) is 14.4. The summed E-state index contributed by atoms with van der Waals surface area (Å²) < 4.78 is 16.1. The number of carbonyl (C=O) groups excluding carboxylic acids is 2. The molecular weight excluding hydrogens is 396 g/mol. The number of benzene rings is 2. The van der Waals surface area contributed by atoms with Gasteiger partial charge in [-0.2, -0.15) is 0 Å². The molecule has 1 aliphatic rings. The number of amides is 1. The molecule has 0 unspecified atom stereocenters. The minimum Gasteiger partial charge on any atom is -0.489 e. The molecule has 0 saturated carbocycles. The van der Waals surface area contributed by atoms with Gasteiger partial charge in [0.1, 0.15) is 18.1 Å². The second kappa shape index (κ2) is 8.63. The summed E-state index contributed by atoms with van der Waals surface area (Å²) in [6.07, 6.45) is 0.797. The van der Waals surface area contributed by atoms with E-state index in [-0.39, 0.29) is 18.6 Å². The topological polar surface area (TPSA) is 81.9 Å². The normalized spacial score (nSPS) is 14.9. The molecule has 1 atom stereocenters. The lowest BCUT2D eigenvalue weighted by atomic mass is 10.1. The van der Waals surface area contributed by atoms with Crippen molar-refractivity contribution in [3.63, 3.8) is 0 Å². The molecular formula is C24H24N2O5. The Labute approximate surface area is 180 Å². The van der Waals surface area contributed by atoms with Crippen LogP contribution in [0.15, 0.2) is 53.1 Å². The van der Waals surface area contributed by atoms with Crippen LogP contribution in [0.5, 0.6) is 5.75 Å². The molecule has 2 heterocycles. The van der Waals surface area contributed by atoms with E-state index >= 15 is 0 Å². The lowest BCUT2D eigenvalue weighted by molar-refractivity contribution is -0.122. The Kier molecular flexibility index (Phi) is 5.75. The maximum Gasteiger partial charge on any atom is 0.338 e. The van der Waals surface area contributed by atoms with Gasteiger partial charge in [-0.15, -0.1) is 0 Å². The molecule has 0 saturated heterocycles. The van der Waals surface area contributed by atoms with E-state index in [9.17, 15) is 9.59 Å². The van der Waals surface area contributed by atoms with Crippen molar-refractivity contribution in [2.24, 2.45) is 0 Å². The van der Waals surface area contributed by atoms with E-state index in [0.29, 0.717) is 17.9 Å². The summed E-state index contributed by atoms with van der Waals surface area (Å²) in [5.74, 6) is 0.545. The van der Waals surface area contributed by atoms with Gasteiger partial charge >= 0.3 is 5.97 Å². The average molecular weight is 420 g/mol. The van der Waals surface area contributed by atoms with Crippen molar-refractivity contribution in [1.82, 2.24) is 5.16 Å². The van der Waals surface area contributed by atoms with Gasteiger partial charge in [-0.25, -0.2) is 4.79 Å². The molecule has 0 radical (unpaired) electrons. The first kappa shape index (κ1) is 20.7. The minimum absolute atomic E-state index is 0.0396. The molecule has 1 aliphatic heterocycles. The summed E-state index contributed by atoms with van der Waals surface area (Å²) in [5.41, 5.74) is 4.06. The Morgan fingerprint density at radius 2 is 1.87 bits per heavy atom. The smallest absolute Gasteiger partial charge is 0.338 e. The van der Waals surface area contributed by atoms with Gasteiger partial charge in [-0.05, 0) is 63.1 Å². The largest absolute Gasteiger partial charge is 0.489 e. The van der Waals surface area contributed by atoms with Gasteiger partial charge < -0.3 is 18.9 Å². The standard InChI is InChI=1S/C24H24N2O5/c1-15-12-19-6-4-5-7-22(19)26(15)23(27)14-30-24(28)18-8-10-20(11-9-18)29-13-21-16(2)25-31-17(21)3/h4-11,15H,12-14H2,1-3H3/t15-/m0/s1. The molecule has 2 aromatic carbocycles. The van der Waals surface area contributed by atoms with Gasteiger partial charge in [-0.1, -0.05) is 23.4 Å². The van der Waals surface area contributed by atoms with Gasteiger partial charge in [-0.3, -0.25) is 4.79 Å². The molecule has 4 rings (SSSR count). The minimum atomic E-state index is -0.550. The highest BCUT2D eigenvalue weighted by molar-refractivity contribution is 5.99. The number of anilines is 1. The van der Waals surface area contributed by atoms with Crippen LogP contribution in [0.4, 0.5) is 5.69 Å². The number of hydrogen-bond donors (Lipinski definition) is 0. The molecule has 7 heteroatoms. The van der Waals surface area contributed by atoms with Crippen LogP contribution in [-0.4, -0.2) is 29.7 Å². The first-order valence-corrected chi connectivity index (χ1v) is 10.2. The molecule has 160 valence electrons. The highest BCUT2D eigenvalue weighted by atomic mass is 16.5. The van der Waals surface area contributed by atoms with Crippen LogP contribution < -0.4 is 9.64 Å². The average Bonchev–Trinajstić information content (AvgIpc) is 3.28. The fourth-order valence-electron chi connectivity index (χ4n) is 3.78. The van der Waals surface area contributed by atoms with Gasteiger partial charge in [0.25, 0.3) is 5.91 Å². The second-order valence-electron chi connectivity index (χ2n) is 7.64. The van der Waals surface area contributed by atoms with Crippen molar-refractivity contribution < 1.29 is 23.6 Å². The highest BCUT2D eigenvalue weighted by Crippen LogP contribution is 2.31. The fourth-order valence-corrected chi connectivity index (χ4v) is 3.78. The van der Waals surface area contributed by atoms with E-state index in [1.807, 2.05) is 45.0 Å². The van der Waals surface area contributed by atoms with Crippen LogP contribution in [0.3, 0.4) is 0 Å². The van der Waals surface area contributed by atoms with Gasteiger partial charge in [0.05, 0.1) is 16.8 Å². The van der Waals surface area contributed by atoms with Gasteiger partial charge in [0, 0.05) is 11.7 Å². The number of ether oxygens (including phenoxy) is 2. The van der Waals surface area contributed by atoms with Crippen LogP contribution in [0.1, 0.15) is 39.9 Å². The molecule has 31 heavy (non-hydrogen) atoms. The monoisotopic (exact) mass is 420 g/mol. The van der Waals surface area contributed by atoms with E-state index < -0.39 is 5.97 Å². The number of aromatic nitrogens is 1. The number of hydrogen-bond acceptors (Lipinski definition) is 6. The Bertz CT molecular complexity index is 1080. The number of para-hydroxylation sites is 1. The van der Waals surface area contributed by atoms with Crippen LogP contribution in [0, 0.1) is 13.8 Å². The van der Waals surface area contributed by atoms with E-state index in [0.717, 1.165) is 34.7 Å². The fraction of sp³-hybridized carbons (Fsp3) is 0.292. The highest BCUT2D eigenvalue weighted by Gasteiger charge is 2.31. The zero-order chi connectivity index (χ0) is 22.0. The van der Waals surface area contributed by atoms with Crippen molar-refractivity contribution in [3.05, 3.63) is 76.7 Å². The van der Waals surface area contributed by atoms with Gasteiger partial charge in [0.15, 0.2) is 6.61 Å². The summed E-state index contributed by atoms with van der Waals surface area (Å²) in [5, 5.41) is 3.90. The van der Waals surface area contributed by atoms with Crippen LogP contribution in [0.25, 0.3) is 0 Å². The first-order chi connectivity index (χ1) is 14.9. The Morgan fingerprint density at radius 3 is 2.58 bits per heavy atom. The van der Waals surface area contributed by atoms with E-state index in [2.05, 4.69) is 5.16 Å². The first-order valence-electron chi connectivity index (χ1n) is 10.2.